The van der Waals surface area contributed by atoms with Crippen LogP contribution < -0.4 is 20.1 Å². The number of guanidine groups is 1. The Morgan fingerprint density at radius 2 is 1.93 bits per heavy atom. The van der Waals surface area contributed by atoms with Crippen molar-refractivity contribution in [2.45, 2.75) is 58.1 Å². The van der Waals surface area contributed by atoms with Crippen molar-refractivity contribution in [1.29, 1.82) is 0 Å². The van der Waals surface area contributed by atoms with E-state index in [9.17, 15) is 4.79 Å². The molecule has 1 saturated heterocycles. The van der Waals surface area contributed by atoms with Gasteiger partial charge in [-0.05, 0) is 51.5 Å². The Hall–Kier alpha value is -2.44. The van der Waals surface area contributed by atoms with Gasteiger partial charge < -0.3 is 25.0 Å². The highest BCUT2D eigenvalue weighted by Gasteiger charge is 2.21. The van der Waals surface area contributed by atoms with E-state index in [2.05, 4.69) is 15.6 Å². The highest BCUT2D eigenvalue weighted by molar-refractivity contribution is 5.86. The summed E-state index contributed by atoms with van der Waals surface area (Å²) in [4.78, 5) is 18.9. The molecule has 0 radical (unpaired) electrons. The average molecular weight is 403 g/mol. The molecular formula is C22H34N4O3. The highest BCUT2D eigenvalue weighted by atomic mass is 16.5. The molecule has 1 aliphatic heterocycles. The summed E-state index contributed by atoms with van der Waals surface area (Å²) in [6.45, 7) is 5.18. The fourth-order valence-electron chi connectivity index (χ4n) is 3.90. The molecule has 3 rings (SSSR count). The second-order valence-corrected chi connectivity index (χ2v) is 7.61. The zero-order chi connectivity index (χ0) is 20.5. The fourth-order valence-corrected chi connectivity index (χ4v) is 3.90. The number of hydrogen-bond acceptors (Lipinski definition) is 4. The normalized spacial score (nSPS) is 17.4. The molecule has 1 amide bonds. The minimum Gasteiger partial charge on any atom is -0.493 e. The van der Waals surface area contributed by atoms with Crippen molar-refractivity contribution in [3.8, 4) is 11.5 Å². The molecule has 0 unspecified atom stereocenters. The standard InChI is InChI=1S/C22H34N4O3/c1-3-23-22(25-16-20(27)26-13-6-7-14-26)24-15-17-9-8-12-19(28-2)21(17)29-18-10-4-5-11-18/h8-9,12,18H,3-7,10-11,13-16H2,1-2H3,(H2,23,24,25). The summed E-state index contributed by atoms with van der Waals surface area (Å²) in [5, 5.41) is 6.38. The predicted molar refractivity (Wildman–Crippen MR) is 115 cm³/mol. The van der Waals surface area contributed by atoms with Crippen LogP contribution in [0.25, 0.3) is 0 Å². The molecule has 1 aromatic rings. The van der Waals surface area contributed by atoms with Crippen molar-refractivity contribution in [2.24, 2.45) is 4.99 Å². The lowest BCUT2D eigenvalue weighted by atomic mass is 10.1. The Balaban J connectivity index is 1.66. The molecule has 1 aliphatic carbocycles. The number of carbonyl (C=O) groups excluding carboxylic acids is 1. The first-order valence-electron chi connectivity index (χ1n) is 10.8. The van der Waals surface area contributed by atoms with Gasteiger partial charge in [0.15, 0.2) is 17.5 Å². The number of carbonyl (C=O) groups is 1. The van der Waals surface area contributed by atoms with Gasteiger partial charge in [0.25, 0.3) is 0 Å². The molecule has 0 aromatic heterocycles. The summed E-state index contributed by atoms with van der Waals surface area (Å²) in [6.07, 6.45) is 7.05. The van der Waals surface area contributed by atoms with E-state index < -0.39 is 0 Å². The van der Waals surface area contributed by atoms with Crippen molar-refractivity contribution >= 4 is 11.9 Å². The smallest absolute Gasteiger partial charge is 0.241 e. The topological polar surface area (TPSA) is 75.2 Å². The molecule has 2 fully saturated rings. The van der Waals surface area contributed by atoms with Crippen LogP contribution in [0.1, 0.15) is 51.0 Å². The van der Waals surface area contributed by atoms with E-state index in [1.54, 1.807) is 7.11 Å². The first-order valence-corrected chi connectivity index (χ1v) is 10.8. The molecule has 7 nitrogen and oxygen atoms in total. The maximum absolute atomic E-state index is 12.3. The van der Waals surface area contributed by atoms with Gasteiger partial charge in [-0.1, -0.05) is 12.1 Å². The van der Waals surface area contributed by atoms with Gasteiger partial charge in [0.05, 0.1) is 26.3 Å². The van der Waals surface area contributed by atoms with Crippen molar-refractivity contribution in [1.82, 2.24) is 15.5 Å². The maximum Gasteiger partial charge on any atom is 0.241 e. The molecule has 0 bridgehead atoms. The summed E-state index contributed by atoms with van der Waals surface area (Å²) >= 11 is 0. The van der Waals surface area contributed by atoms with E-state index in [1.165, 1.54) is 12.8 Å². The molecule has 1 heterocycles. The molecular weight excluding hydrogens is 368 g/mol. The summed E-state index contributed by atoms with van der Waals surface area (Å²) in [6, 6.07) is 5.91. The molecule has 1 aromatic carbocycles. The largest absolute Gasteiger partial charge is 0.493 e. The molecule has 160 valence electrons. The number of ether oxygens (including phenoxy) is 2. The van der Waals surface area contributed by atoms with E-state index in [1.807, 2.05) is 30.0 Å². The molecule has 7 heteroatoms. The number of benzene rings is 1. The summed E-state index contributed by atoms with van der Waals surface area (Å²) in [5.74, 6) is 2.29. The third-order valence-corrected chi connectivity index (χ3v) is 5.48. The number of aliphatic imine (C=N–C) groups is 1. The minimum atomic E-state index is 0.125. The van der Waals surface area contributed by atoms with Crippen LogP contribution in [0.4, 0.5) is 0 Å². The minimum absolute atomic E-state index is 0.125. The summed E-state index contributed by atoms with van der Waals surface area (Å²) in [7, 11) is 1.67. The molecule has 0 spiro atoms. The predicted octanol–water partition coefficient (Wildman–Crippen LogP) is 2.69. The molecule has 2 N–H and O–H groups in total. The SMILES string of the molecule is CCNC(=NCc1cccc(OC)c1OC1CCCC1)NCC(=O)N1CCCC1. The lowest BCUT2D eigenvalue weighted by molar-refractivity contribution is -0.128. The highest BCUT2D eigenvalue weighted by Crippen LogP contribution is 2.35. The van der Waals surface area contributed by atoms with E-state index in [4.69, 9.17) is 9.47 Å². The van der Waals surface area contributed by atoms with E-state index in [-0.39, 0.29) is 18.6 Å². The zero-order valence-electron chi connectivity index (χ0n) is 17.7. The number of amides is 1. The van der Waals surface area contributed by atoms with E-state index in [0.717, 1.165) is 62.4 Å². The first-order chi connectivity index (χ1) is 14.2. The van der Waals surface area contributed by atoms with Gasteiger partial charge in [0.1, 0.15) is 0 Å². The molecule has 1 saturated carbocycles. The summed E-state index contributed by atoms with van der Waals surface area (Å²) < 4.78 is 11.8. The summed E-state index contributed by atoms with van der Waals surface area (Å²) in [5.41, 5.74) is 0.985. The zero-order valence-corrected chi connectivity index (χ0v) is 17.7. The van der Waals surface area contributed by atoms with Crippen LogP contribution in [-0.2, 0) is 11.3 Å². The maximum atomic E-state index is 12.3. The van der Waals surface area contributed by atoms with Gasteiger partial charge in [-0.3, -0.25) is 4.79 Å². The van der Waals surface area contributed by atoms with Crippen LogP contribution in [0.5, 0.6) is 11.5 Å². The molecule has 0 atom stereocenters. The Bertz CT molecular complexity index is 695. The Labute approximate surface area is 173 Å². The monoisotopic (exact) mass is 402 g/mol. The Morgan fingerprint density at radius 3 is 2.62 bits per heavy atom. The van der Waals surface area contributed by atoms with Crippen molar-refractivity contribution in [2.75, 3.05) is 33.3 Å². The third-order valence-electron chi connectivity index (χ3n) is 5.48. The van der Waals surface area contributed by atoms with E-state index in [0.29, 0.717) is 12.5 Å². The van der Waals surface area contributed by atoms with Crippen LogP contribution in [0, 0.1) is 0 Å². The van der Waals surface area contributed by atoms with Gasteiger partial charge in [-0.2, -0.15) is 0 Å². The van der Waals surface area contributed by atoms with Crippen LogP contribution in [0.2, 0.25) is 0 Å². The van der Waals surface area contributed by atoms with Gasteiger partial charge >= 0.3 is 0 Å². The number of methoxy groups -OCH3 is 1. The van der Waals surface area contributed by atoms with Gasteiger partial charge in [0, 0.05) is 25.2 Å². The number of likely N-dealkylation sites (tertiary alicyclic amines) is 1. The average Bonchev–Trinajstić information content (AvgIpc) is 3.44. The lowest BCUT2D eigenvalue weighted by Crippen LogP contribution is -2.44. The second-order valence-electron chi connectivity index (χ2n) is 7.61. The van der Waals surface area contributed by atoms with Crippen molar-refractivity contribution in [3.05, 3.63) is 23.8 Å². The number of nitrogens with one attached hydrogen (secondary N) is 2. The van der Waals surface area contributed by atoms with Crippen LogP contribution in [0.15, 0.2) is 23.2 Å². The molecule has 2 aliphatic rings. The number of para-hydroxylation sites is 1. The first kappa shape index (κ1) is 21.3. The van der Waals surface area contributed by atoms with Crippen LogP contribution in [-0.4, -0.2) is 56.2 Å². The third kappa shape index (κ3) is 6.02. The number of rotatable bonds is 8. The van der Waals surface area contributed by atoms with Crippen molar-refractivity contribution in [3.63, 3.8) is 0 Å². The van der Waals surface area contributed by atoms with E-state index >= 15 is 0 Å². The fraction of sp³-hybridized carbons (Fsp3) is 0.636. The number of hydrogen-bond donors (Lipinski definition) is 2. The number of nitrogens with zero attached hydrogens (tertiary/aromatic N) is 2. The van der Waals surface area contributed by atoms with Gasteiger partial charge in [0.2, 0.25) is 5.91 Å². The Kier molecular flexibility index (Phi) is 8.02. The Morgan fingerprint density at radius 1 is 1.17 bits per heavy atom. The lowest BCUT2D eigenvalue weighted by Gasteiger charge is -2.19. The van der Waals surface area contributed by atoms with Crippen LogP contribution in [0.3, 0.4) is 0 Å². The van der Waals surface area contributed by atoms with Gasteiger partial charge in [-0.25, -0.2) is 4.99 Å². The van der Waals surface area contributed by atoms with Crippen molar-refractivity contribution < 1.29 is 14.3 Å². The van der Waals surface area contributed by atoms with Crippen LogP contribution >= 0.6 is 0 Å². The molecule has 29 heavy (non-hydrogen) atoms. The van der Waals surface area contributed by atoms with Gasteiger partial charge in [-0.15, -0.1) is 0 Å². The second kappa shape index (κ2) is 10.9. The quantitative estimate of drug-likeness (QED) is 0.517.